The number of benzene rings is 3. The van der Waals surface area contributed by atoms with Gasteiger partial charge in [-0.2, -0.15) is 0 Å². The van der Waals surface area contributed by atoms with E-state index < -0.39 is 11.9 Å². The molecule has 53 heavy (non-hydrogen) atoms. The lowest BCUT2D eigenvalue weighted by atomic mass is 10.0. The Morgan fingerprint density at radius 2 is 1.32 bits per heavy atom. The molecule has 0 saturated heterocycles. The van der Waals surface area contributed by atoms with Crippen molar-refractivity contribution < 1.29 is 33.3 Å². The monoisotopic (exact) mass is 725 g/mol. The minimum Gasteiger partial charge on any atom is -0.489 e. The normalized spacial score (nSPS) is 13.5. The van der Waals surface area contributed by atoms with E-state index in [2.05, 4.69) is 35.9 Å². The highest BCUT2D eigenvalue weighted by atomic mass is 16.6. The number of aryl methyl sites for hydroxylation is 4. The van der Waals surface area contributed by atoms with Crippen molar-refractivity contribution in [1.82, 2.24) is 4.57 Å². The van der Waals surface area contributed by atoms with Crippen LogP contribution in [0.25, 0.3) is 10.9 Å². The van der Waals surface area contributed by atoms with Gasteiger partial charge < -0.3 is 38.5 Å². The highest BCUT2D eigenvalue weighted by Gasteiger charge is 2.26. The summed E-state index contributed by atoms with van der Waals surface area (Å²) < 4.78 is 29.2. The Hall–Kier alpha value is -5.45. The van der Waals surface area contributed by atoms with Gasteiger partial charge in [0.2, 0.25) is 0 Å². The Balaban J connectivity index is 0.000000162. The summed E-state index contributed by atoms with van der Waals surface area (Å²) in [5.41, 5.74) is 10.6. The van der Waals surface area contributed by atoms with Crippen LogP contribution in [0.2, 0.25) is 0 Å². The molecule has 7 rings (SSSR count). The maximum atomic E-state index is 12.2. The molecular weight excluding hydrogens is 674 g/mol. The number of fused-ring (bicyclic) bond motifs is 2. The maximum Gasteiger partial charge on any atom is 0.347 e. The number of esters is 2. The van der Waals surface area contributed by atoms with Crippen molar-refractivity contribution in [2.75, 3.05) is 56.3 Å². The van der Waals surface area contributed by atoms with E-state index in [-0.39, 0.29) is 24.2 Å². The standard InChI is InChI=1S/C18H23NO5.C14H15NO2.C10H13NO/c1-5-22-17(20)14(18(21)23-6-2)11-19-9-10-24-16-13(4)12(3)7-8-15(16)19;1-8-6-11-12-14(10(8)3)17-5-4-15(12)7-9(2)13(11)16;1-7-3-4-9-10(8(7)2)12-6-5-11-9/h7-8,11H,5-6,9-10H2,1-4H3;6-7H,4-5H2,1-3H3;3-4,11H,5-6H2,1-2H3. The summed E-state index contributed by atoms with van der Waals surface area (Å²) in [5, 5.41) is 4.09. The van der Waals surface area contributed by atoms with Crippen LogP contribution >= 0.6 is 0 Å². The van der Waals surface area contributed by atoms with Crippen LogP contribution in [-0.4, -0.2) is 62.6 Å². The summed E-state index contributed by atoms with van der Waals surface area (Å²) in [5.74, 6) is 1.30. The van der Waals surface area contributed by atoms with Gasteiger partial charge in [0.15, 0.2) is 11.0 Å². The molecule has 0 saturated carbocycles. The van der Waals surface area contributed by atoms with E-state index in [4.69, 9.17) is 23.7 Å². The summed E-state index contributed by atoms with van der Waals surface area (Å²) in [6, 6.07) is 10.1. The summed E-state index contributed by atoms with van der Waals surface area (Å²) >= 11 is 0. The van der Waals surface area contributed by atoms with Gasteiger partial charge in [0.1, 0.15) is 37.1 Å². The molecule has 1 aromatic heterocycles. The zero-order valence-electron chi connectivity index (χ0n) is 32.4. The van der Waals surface area contributed by atoms with Gasteiger partial charge in [-0.15, -0.1) is 0 Å². The first-order valence-electron chi connectivity index (χ1n) is 18.2. The molecule has 0 aliphatic carbocycles. The van der Waals surface area contributed by atoms with Crippen molar-refractivity contribution in [1.29, 1.82) is 0 Å². The van der Waals surface area contributed by atoms with Gasteiger partial charge in [-0.25, -0.2) is 9.59 Å². The fraction of sp³-hybridized carbons (Fsp3) is 0.405. The quantitative estimate of drug-likeness (QED) is 0.100. The molecule has 11 heteroatoms. The van der Waals surface area contributed by atoms with Crippen LogP contribution in [0.1, 0.15) is 52.8 Å². The number of anilines is 2. The van der Waals surface area contributed by atoms with Gasteiger partial charge in [0.25, 0.3) is 0 Å². The van der Waals surface area contributed by atoms with Crippen molar-refractivity contribution in [3.8, 4) is 17.2 Å². The van der Waals surface area contributed by atoms with Crippen molar-refractivity contribution in [2.45, 2.75) is 68.9 Å². The van der Waals surface area contributed by atoms with Crippen LogP contribution in [0, 0.1) is 48.5 Å². The van der Waals surface area contributed by atoms with Crippen molar-refractivity contribution in [2.24, 2.45) is 0 Å². The fourth-order valence-corrected chi connectivity index (χ4v) is 6.40. The molecule has 3 aliphatic heterocycles. The molecule has 3 aromatic carbocycles. The average molecular weight is 726 g/mol. The molecule has 1 N–H and O–H groups in total. The predicted octanol–water partition coefficient (Wildman–Crippen LogP) is 6.94. The molecule has 0 bridgehead atoms. The van der Waals surface area contributed by atoms with Crippen LogP contribution in [0.5, 0.6) is 17.2 Å². The third-order valence-electron chi connectivity index (χ3n) is 9.74. The molecule has 3 aliphatic rings. The Morgan fingerprint density at radius 3 is 2.00 bits per heavy atom. The van der Waals surface area contributed by atoms with Gasteiger partial charge >= 0.3 is 11.9 Å². The lowest BCUT2D eigenvalue weighted by Crippen LogP contribution is -2.31. The second kappa shape index (κ2) is 16.9. The first kappa shape index (κ1) is 38.8. The minimum atomic E-state index is -0.687. The zero-order chi connectivity index (χ0) is 38.4. The molecule has 0 unspecified atom stereocenters. The third kappa shape index (κ3) is 8.29. The predicted molar refractivity (Wildman–Crippen MR) is 208 cm³/mol. The molecule has 0 fully saturated rings. The Bertz CT molecular complexity index is 2100. The first-order valence-corrected chi connectivity index (χ1v) is 18.2. The highest BCUT2D eigenvalue weighted by molar-refractivity contribution is 6.14. The molecule has 4 aromatic rings. The summed E-state index contributed by atoms with van der Waals surface area (Å²) in [6.07, 6.45) is 3.43. The number of rotatable bonds is 5. The number of carbonyl (C=O) groups is 2. The van der Waals surface area contributed by atoms with Gasteiger partial charge in [-0.05, 0) is 114 Å². The smallest absolute Gasteiger partial charge is 0.347 e. The number of pyridine rings is 1. The summed E-state index contributed by atoms with van der Waals surface area (Å²) in [7, 11) is 0. The van der Waals surface area contributed by atoms with E-state index in [0.29, 0.717) is 19.8 Å². The minimum absolute atomic E-state index is 0.117. The van der Waals surface area contributed by atoms with E-state index in [1.165, 1.54) is 17.3 Å². The van der Waals surface area contributed by atoms with E-state index in [1.54, 1.807) is 13.8 Å². The first-order chi connectivity index (χ1) is 25.4. The second-order valence-electron chi connectivity index (χ2n) is 13.3. The molecule has 4 heterocycles. The molecule has 0 atom stereocenters. The summed E-state index contributed by atoms with van der Waals surface area (Å²) in [6.45, 7) is 22.1. The van der Waals surface area contributed by atoms with Crippen molar-refractivity contribution in [3.05, 3.63) is 97.5 Å². The number of carbonyl (C=O) groups excluding carboxylic acids is 2. The lowest BCUT2D eigenvalue weighted by Gasteiger charge is -2.30. The lowest BCUT2D eigenvalue weighted by molar-refractivity contribution is -0.146. The number of nitrogens with zero attached hydrogens (tertiary/aromatic N) is 2. The van der Waals surface area contributed by atoms with E-state index in [9.17, 15) is 14.4 Å². The van der Waals surface area contributed by atoms with Crippen molar-refractivity contribution in [3.63, 3.8) is 0 Å². The largest absolute Gasteiger partial charge is 0.489 e. The van der Waals surface area contributed by atoms with Crippen LogP contribution < -0.4 is 29.9 Å². The van der Waals surface area contributed by atoms with Crippen LogP contribution in [0.4, 0.5) is 11.4 Å². The van der Waals surface area contributed by atoms with Crippen LogP contribution in [0.3, 0.4) is 0 Å². The van der Waals surface area contributed by atoms with Gasteiger partial charge in [-0.3, -0.25) is 4.79 Å². The number of nitrogens with one attached hydrogen (secondary N) is 1. The molecule has 0 amide bonds. The molecule has 0 spiro atoms. The number of hydrogen-bond acceptors (Lipinski definition) is 10. The van der Waals surface area contributed by atoms with Crippen LogP contribution in [0.15, 0.2) is 53.1 Å². The van der Waals surface area contributed by atoms with Crippen LogP contribution in [-0.2, 0) is 25.6 Å². The SMILES string of the molecule is CCOC(=O)C(=CN1CCOc2c1ccc(C)c2C)C(=O)OCC.Cc1cc2c(=O)c(C)cn3c2c(c1C)OCC3.Cc1ccc2c(c1C)OCCN2. The second-order valence-corrected chi connectivity index (χ2v) is 13.3. The molecule has 0 radical (unpaired) electrons. The molecule has 282 valence electrons. The summed E-state index contributed by atoms with van der Waals surface area (Å²) in [4.78, 5) is 38.2. The van der Waals surface area contributed by atoms with E-state index in [0.717, 1.165) is 87.0 Å². The highest BCUT2D eigenvalue weighted by Crippen LogP contribution is 2.37. The number of hydrogen-bond donors (Lipinski definition) is 1. The Labute approximate surface area is 311 Å². The topological polar surface area (TPSA) is 118 Å². The van der Waals surface area contributed by atoms with E-state index >= 15 is 0 Å². The number of aromatic nitrogens is 1. The molecule has 11 nitrogen and oxygen atoms in total. The zero-order valence-corrected chi connectivity index (χ0v) is 32.4. The van der Waals surface area contributed by atoms with Gasteiger partial charge in [0, 0.05) is 24.5 Å². The van der Waals surface area contributed by atoms with Crippen molar-refractivity contribution >= 4 is 34.2 Å². The fourth-order valence-electron chi connectivity index (χ4n) is 6.40. The maximum absolute atomic E-state index is 12.2. The average Bonchev–Trinajstić information content (AvgIpc) is 3.15. The van der Waals surface area contributed by atoms with Gasteiger partial charge in [-0.1, -0.05) is 12.1 Å². The Kier molecular flexibility index (Phi) is 12.4. The third-order valence-corrected chi connectivity index (χ3v) is 9.74. The molecular formula is C42H51N3O8. The Morgan fingerprint density at radius 1 is 0.736 bits per heavy atom. The van der Waals surface area contributed by atoms with Gasteiger partial charge in [0.05, 0.1) is 48.6 Å². The van der Waals surface area contributed by atoms with E-state index in [1.807, 2.05) is 63.9 Å². The number of ether oxygens (including phenoxy) is 5.